The van der Waals surface area contributed by atoms with Crippen LogP contribution >= 0.6 is 23.2 Å². The highest BCUT2D eigenvalue weighted by molar-refractivity contribution is 7.88. The van der Waals surface area contributed by atoms with Crippen molar-refractivity contribution in [2.75, 3.05) is 18.4 Å². The Morgan fingerprint density at radius 2 is 1.74 bits per heavy atom. The lowest BCUT2D eigenvalue weighted by atomic mass is 9.98. The molecular formula is C20H19Cl2F3N2O3S. The minimum atomic E-state index is -4.62. The predicted octanol–water partition coefficient (Wildman–Crippen LogP) is 5.19. The van der Waals surface area contributed by atoms with E-state index in [1.54, 1.807) is 6.07 Å². The largest absolute Gasteiger partial charge is 0.418 e. The number of rotatable bonds is 5. The van der Waals surface area contributed by atoms with Crippen LogP contribution in [0, 0.1) is 5.92 Å². The van der Waals surface area contributed by atoms with Gasteiger partial charge in [0.2, 0.25) is 15.9 Å². The van der Waals surface area contributed by atoms with E-state index in [4.69, 9.17) is 23.2 Å². The van der Waals surface area contributed by atoms with Gasteiger partial charge in [-0.25, -0.2) is 12.7 Å². The molecule has 1 aliphatic heterocycles. The Kier molecular flexibility index (Phi) is 7.20. The Bertz CT molecular complexity index is 1060. The van der Waals surface area contributed by atoms with Crippen LogP contribution in [0.25, 0.3) is 0 Å². The minimum absolute atomic E-state index is 0.135. The van der Waals surface area contributed by atoms with Gasteiger partial charge in [-0.15, -0.1) is 0 Å². The van der Waals surface area contributed by atoms with Crippen LogP contribution in [0.3, 0.4) is 0 Å². The van der Waals surface area contributed by atoms with Crippen molar-refractivity contribution in [1.29, 1.82) is 0 Å². The van der Waals surface area contributed by atoms with E-state index in [1.165, 1.54) is 24.3 Å². The summed E-state index contributed by atoms with van der Waals surface area (Å²) in [6.07, 6.45) is -3.87. The fraction of sp³-hybridized carbons (Fsp3) is 0.350. The first kappa shape index (κ1) is 23.8. The molecule has 1 aliphatic rings. The van der Waals surface area contributed by atoms with Crippen LogP contribution in [-0.4, -0.2) is 31.7 Å². The number of nitrogens with zero attached hydrogens (tertiary/aromatic N) is 1. The molecule has 3 rings (SSSR count). The molecule has 1 N–H and O–H groups in total. The number of amides is 1. The fourth-order valence-corrected chi connectivity index (χ4v) is 5.79. The second kappa shape index (κ2) is 9.36. The van der Waals surface area contributed by atoms with Crippen molar-refractivity contribution in [2.45, 2.75) is 24.8 Å². The highest BCUT2D eigenvalue weighted by Gasteiger charge is 2.36. The number of benzene rings is 2. The number of anilines is 1. The summed E-state index contributed by atoms with van der Waals surface area (Å²) in [5, 5.41) is 2.73. The molecule has 1 saturated heterocycles. The molecule has 1 fully saturated rings. The second-order valence-electron chi connectivity index (χ2n) is 7.19. The summed E-state index contributed by atoms with van der Waals surface area (Å²) in [7, 11) is -3.85. The van der Waals surface area contributed by atoms with Crippen molar-refractivity contribution >= 4 is 44.8 Å². The van der Waals surface area contributed by atoms with Gasteiger partial charge >= 0.3 is 6.18 Å². The molecule has 5 nitrogen and oxygen atoms in total. The van der Waals surface area contributed by atoms with Crippen molar-refractivity contribution in [3.8, 4) is 0 Å². The van der Waals surface area contributed by atoms with E-state index >= 15 is 0 Å². The Morgan fingerprint density at radius 1 is 1.10 bits per heavy atom. The molecule has 31 heavy (non-hydrogen) atoms. The lowest BCUT2D eigenvalue weighted by molar-refractivity contribution is -0.137. The van der Waals surface area contributed by atoms with Gasteiger partial charge in [-0.2, -0.15) is 13.2 Å². The SMILES string of the molecule is O=C(Nc1ccccc1C(F)(F)F)C1CCCN(S(=O)(=O)Cc2c(Cl)cccc2Cl)C1. The Hall–Kier alpha value is -1.81. The molecule has 1 atom stereocenters. The summed E-state index contributed by atoms with van der Waals surface area (Å²) in [6.45, 7) is 0.0672. The minimum Gasteiger partial charge on any atom is -0.325 e. The quantitative estimate of drug-likeness (QED) is 0.621. The highest BCUT2D eigenvalue weighted by Crippen LogP contribution is 2.35. The lowest BCUT2D eigenvalue weighted by Crippen LogP contribution is -2.44. The summed E-state index contributed by atoms with van der Waals surface area (Å²) >= 11 is 12.1. The molecule has 1 heterocycles. The van der Waals surface area contributed by atoms with E-state index in [0.717, 1.165) is 16.4 Å². The van der Waals surface area contributed by atoms with Crippen molar-refractivity contribution in [2.24, 2.45) is 5.92 Å². The number of para-hydroxylation sites is 1. The van der Waals surface area contributed by atoms with E-state index in [9.17, 15) is 26.4 Å². The average Bonchev–Trinajstić information content (AvgIpc) is 2.70. The van der Waals surface area contributed by atoms with Crippen LogP contribution in [0.2, 0.25) is 10.0 Å². The second-order valence-corrected chi connectivity index (χ2v) is 9.97. The van der Waals surface area contributed by atoms with E-state index in [1.807, 2.05) is 0 Å². The monoisotopic (exact) mass is 494 g/mol. The molecule has 0 spiro atoms. The number of hydrogen-bond acceptors (Lipinski definition) is 3. The van der Waals surface area contributed by atoms with Gasteiger partial charge in [-0.3, -0.25) is 4.79 Å². The summed E-state index contributed by atoms with van der Waals surface area (Å²) in [5.41, 5.74) is -1.06. The number of alkyl halides is 3. The Balaban J connectivity index is 1.74. The molecule has 2 aromatic carbocycles. The van der Waals surface area contributed by atoms with Crippen molar-refractivity contribution in [3.63, 3.8) is 0 Å². The predicted molar refractivity (Wildman–Crippen MR) is 113 cm³/mol. The van der Waals surface area contributed by atoms with Crippen molar-refractivity contribution in [1.82, 2.24) is 4.31 Å². The van der Waals surface area contributed by atoms with Crippen molar-refractivity contribution in [3.05, 3.63) is 63.6 Å². The molecule has 168 valence electrons. The summed E-state index contributed by atoms with van der Waals surface area (Å²) in [6, 6.07) is 9.31. The number of halogens is 5. The van der Waals surface area contributed by atoms with Gasteiger partial charge in [0.1, 0.15) is 0 Å². The zero-order chi connectivity index (χ0) is 22.8. The van der Waals surface area contributed by atoms with Gasteiger partial charge in [0.05, 0.1) is 22.9 Å². The molecule has 0 aliphatic carbocycles. The molecule has 2 aromatic rings. The molecule has 0 bridgehead atoms. The van der Waals surface area contributed by atoms with Gasteiger partial charge in [-0.1, -0.05) is 41.4 Å². The van der Waals surface area contributed by atoms with Gasteiger partial charge < -0.3 is 5.32 Å². The number of carbonyl (C=O) groups is 1. The third-order valence-corrected chi connectivity index (χ3v) is 7.51. The zero-order valence-corrected chi connectivity index (χ0v) is 18.5. The van der Waals surface area contributed by atoms with E-state index in [-0.39, 0.29) is 34.4 Å². The molecule has 1 unspecified atom stereocenters. The summed E-state index contributed by atoms with van der Waals surface area (Å²) in [4.78, 5) is 12.6. The maximum Gasteiger partial charge on any atom is 0.418 e. The summed E-state index contributed by atoms with van der Waals surface area (Å²) in [5.74, 6) is -1.88. The average molecular weight is 495 g/mol. The maximum atomic E-state index is 13.2. The van der Waals surface area contributed by atoms with Crippen LogP contribution in [0.1, 0.15) is 24.0 Å². The molecule has 0 aromatic heterocycles. The standard InChI is InChI=1S/C20H19Cl2F3N2O3S/c21-16-7-3-8-17(22)14(16)12-31(29,30)27-10-4-5-13(11-27)19(28)26-18-9-2-1-6-15(18)20(23,24)25/h1-3,6-9,13H,4-5,10-12H2,(H,26,28). The third kappa shape index (κ3) is 5.71. The molecular weight excluding hydrogens is 476 g/mol. The highest BCUT2D eigenvalue weighted by atomic mass is 35.5. The lowest BCUT2D eigenvalue weighted by Gasteiger charge is -2.31. The van der Waals surface area contributed by atoms with Crippen LogP contribution in [0.15, 0.2) is 42.5 Å². The van der Waals surface area contributed by atoms with E-state index < -0.39 is 39.3 Å². The topological polar surface area (TPSA) is 66.5 Å². The first-order valence-electron chi connectivity index (χ1n) is 9.37. The molecule has 0 saturated carbocycles. The van der Waals surface area contributed by atoms with Gasteiger partial charge in [0, 0.05) is 28.7 Å². The number of sulfonamides is 1. The van der Waals surface area contributed by atoms with Crippen LogP contribution in [-0.2, 0) is 26.7 Å². The van der Waals surface area contributed by atoms with Crippen molar-refractivity contribution < 1.29 is 26.4 Å². The Morgan fingerprint density at radius 3 is 2.39 bits per heavy atom. The normalized spacial score (nSPS) is 18.0. The zero-order valence-electron chi connectivity index (χ0n) is 16.1. The van der Waals surface area contributed by atoms with E-state index in [0.29, 0.717) is 12.8 Å². The Labute approximate surface area is 188 Å². The third-order valence-electron chi connectivity index (χ3n) is 5.03. The van der Waals surface area contributed by atoms with Crippen LogP contribution < -0.4 is 5.32 Å². The molecule has 0 radical (unpaired) electrons. The van der Waals surface area contributed by atoms with Gasteiger partial charge in [-0.05, 0) is 37.1 Å². The van der Waals surface area contributed by atoms with Gasteiger partial charge in [0.25, 0.3) is 0 Å². The molecule has 1 amide bonds. The smallest absolute Gasteiger partial charge is 0.325 e. The van der Waals surface area contributed by atoms with Gasteiger partial charge in [0.15, 0.2) is 0 Å². The van der Waals surface area contributed by atoms with E-state index in [2.05, 4.69) is 5.32 Å². The summed E-state index contributed by atoms with van der Waals surface area (Å²) < 4.78 is 66.5. The number of carbonyl (C=O) groups excluding carboxylic acids is 1. The van der Waals surface area contributed by atoms with Crippen LogP contribution in [0.5, 0.6) is 0 Å². The number of piperidine rings is 1. The fourth-order valence-electron chi connectivity index (χ4n) is 3.43. The molecule has 11 heteroatoms. The van der Waals surface area contributed by atoms with Crippen LogP contribution in [0.4, 0.5) is 18.9 Å². The number of nitrogens with one attached hydrogen (secondary N) is 1. The first-order valence-corrected chi connectivity index (χ1v) is 11.7. The number of hydrogen-bond donors (Lipinski definition) is 1. The maximum absolute atomic E-state index is 13.2. The first-order chi connectivity index (χ1) is 14.5.